The largest absolute Gasteiger partial charge is 0.493 e. The molecule has 0 saturated heterocycles. The van der Waals surface area contributed by atoms with Gasteiger partial charge in [0.25, 0.3) is 0 Å². The molecule has 1 rings (SSSR count). The number of sulfone groups is 1. The van der Waals surface area contributed by atoms with E-state index in [2.05, 4.69) is 4.18 Å². The second-order valence-corrected chi connectivity index (χ2v) is 7.32. The Kier molecular flexibility index (Phi) is 8.53. The zero-order valence-corrected chi connectivity index (χ0v) is 13.3. The van der Waals surface area contributed by atoms with Crippen LogP contribution in [0.1, 0.15) is 13.8 Å². The van der Waals surface area contributed by atoms with Crippen LogP contribution in [0.15, 0.2) is 23.1 Å². The highest BCUT2D eigenvalue weighted by molar-refractivity contribution is 7.91. The Morgan fingerprint density at radius 3 is 2.24 bits per heavy atom. The summed E-state index contributed by atoms with van der Waals surface area (Å²) in [6.07, 6.45) is 0.261. The summed E-state index contributed by atoms with van der Waals surface area (Å²) in [5.74, 6) is 0.904. The van der Waals surface area contributed by atoms with Gasteiger partial charge in [-0.25, -0.2) is 12.6 Å². The molecule has 0 spiro atoms. The topological polar surface area (TPSA) is 78.9 Å². The smallest absolute Gasteiger partial charge is 0.178 e. The van der Waals surface area contributed by atoms with E-state index < -0.39 is 20.9 Å². The number of hydrogen-bond donors (Lipinski definition) is 0. The lowest BCUT2D eigenvalue weighted by Crippen LogP contribution is -2.11. The minimum Gasteiger partial charge on any atom is -0.493 e. The standard InChI is InChI=1S/C12H18O6S2.CH4/c1-16-11-6-5-10(9-12(11)17-2)20(14,15)8-4-7-19(13)18-3;/h5-6,9H,4,7-8H2,1-3H3;1H4. The van der Waals surface area contributed by atoms with E-state index >= 15 is 0 Å². The van der Waals surface area contributed by atoms with E-state index in [4.69, 9.17) is 9.47 Å². The first-order valence-electron chi connectivity index (χ1n) is 5.82. The first-order valence-corrected chi connectivity index (χ1v) is 8.72. The molecule has 122 valence electrons. The lowest BCUT2D eigenvalue weighted by atomic mass is 10.3. The van der Waals surface area contributed by atoms with Gasteiger partial charge in [0.05, 0.1) is 37.7 Å². The zero-order valence-electron chi connectivity index (χ0n) is 11.6. The van der Waals surface area contributed by atoms with Crippen molar-refractivity contribution in [1.82, 2.24) is 0 Å². The highest BCUT2D eigenvalue weighted by atomic mass is 32.2. The van der Waals surface area contributed by atoms with Gasteiger partial charge in [-0.1, -0.05) is 7.43 Å². The van der Waals surface area contributed by atoms with E-state index in [9.17, 15) is 12.6 Å². The summed E-state index contributed by atoms with van der Waals surface area (Å²) >= 11 is -1.44. The van der Waals surface area contributed by atoms with E-state index in [0.29, 0.717) is 11.5 Å². The van der Waals surface area contributed by atoms with Crippen LogP contribution < -0.4 is 9.47 Å². The van der Waals surface area contributed by atoms with Crippen LogP contribution >= 0.6 is 0 Å². The third-order valence-electron chi connectivity index (χ3n) is 2.62. The lowest BCUT2D eigenvalue weighted by Gasteiger charge is -2.10. The third kappa shape index (κ3) is 5.64. The van der Waals surface area contributed by atoms with Gasteiger partial charge in [0.15, 0.2) is 32.4 Å². The highest BCUT2D eigenvalue weighted by Gasteiger charge is 2.17. The third-order valence-corrected chi connectivity index (χ3v) is 5.42. The van der Waals surface area contributed by atoms with Crippen LogP contribution in [0.25, 0.3) is 0 Å². The van der Waals surface area contributed by atoms with Gasteiger partial charge in [-0.15, -0.1) is 0 Å². The fourth-order valence-corrected chi connectivity index (χ4v) is 3.63. The Balaban J connectivity index is 0.00000400. The number of rotatable bonds is 8. The summed E-state index contributed by atoms with van der Waals surface area (Å²) < 4.78 is 50.0. The predicted octanol–water partition coefficient (Wildman–Crippen LogP) is 1.81. The molecule has 0 aliphatic rings. The van der Waals surface area contributed by atoms with Gasteiger partial charge in [0.2, 0.25) is 0 Å². The van der Waals surface area contributed by atoms with Crippen LogP contribution in [-0.2, 0) is 25.1 Å². The SMILES string of the molecule is C.COc1ccc(S(=O)(=O)CCCS(=O)OC)cc1OC. The molecule has 1 unspecified atom stereocenters. The summed E-state index contributed by atoms with van der Waals surface area (Å²) in [5, 5.41) is 0. The molecule has 1 aromatic carbocycles. The first kappa shape index (κ1) is 19.9. The lowest BCUT2D eigenvalue weighted by molar-refractivity contribution is 0.354. The molecule has 0 aliphatic heterocycles. The van der Waals surface area contributed by atoms with Crippen molar-refractivity contribution in [2.45, 2.75) is 18.7 Å². The van der Waals surface area contributed by atoms with E-state index in [1.165, 1.54) is 33.5 Å². The van der Waals surface area contributed by atoms with Crippen molar-refractivity contribution in [3.05, 3.63) is 18.2 Å². The van der Waals surface area contributed by atoms with Gasteiger partial charge < -0.3 is 9.47 Å². The molecule has 0 bridgehead atoms. The zero-order chi connectivity index (χ0) is 15.2. The summed E-state index contributed by atoms with van der Waals surface area (Å²) in [4.78, 5) is 0.151. The van der Waals surface area contributed by atoms with Crippen LogP contribution in [0.3, 0.4) is 0 Å². The van der Waals surface area contributed by atoms with Crippen molar-refractivity contribution in [3.63, 3.8) is 0 Å². The molecule has 0 saturated carbocycles. The minimum atomic E-state index is -3.45. The van der Waals surface area contributed by atoms with E-state index in [1.54, 1.807) is 6.07 Å². The van der Waals surface area contributed by atoms with Crippen molar-refractivity contribution < 1.29 is 26.3 Å². The van der Waals surface area contributed by atoms with Crippen LogP contribution in [-0.4, -0.2) is 45.5 Å². The molecule has 1 atom stereocenters. The molecule has 8 heteroatoms. The van der Waals surface area contributed by atoms with Crippen LogP contribution in [0.5, 0.6) is 11.5 Å². The maximum atomic E-state index is 12.1. The fraction of sp³-hybridized carbons (Fsp3) is 0.538. The van der Waals surface area contributed by atoms with Crippen molar-refractivity contribution in [2.75, 3.05) is 32.8 Å². The predicted molar refractivity (Wildman–Crippen MR) is 83.0 cm³/mol. The number of hydrogen-bond acceptors (Lipinski definition) is 6. The van der Waals surface area contributed by atoms with Crippen molar-refractivity contribution in [1.29, 1.82) is 0 Å². The quantitative estimate of drug-likeness (QED) is 0.719. The van der Waals surface area contributed by atoms with Gasteiger partial charge >= 0.3 is 0 Å². The van der Waals surface area contributed by atoms with E-state index in [0.717, 1.165) is 0 Å². The molecule has 0 N–H and O–H groups in total. The van der Waals surface area contributed by atoms with E-state index in [1.807, 2.05) is 0 Å². The van der Waals surface area contributed by atoms with Gasteiger partial charge in [0, 0.05) is 6.07 Å². The molecule has 0 amide bonds. The summed E-state index contributed by atoms with van der Waals surface area (Å²) in [5.41, 5.74) is 0. The molecular formula is C13H22O6S2. The normalized spacial score (nSPS) is 12.3. The molecule has 0 aliphatic carbocycles. The van der Waals surface area contributed by atoms with Crippen LogP contribution in [0, 0.1) is 0 Å². The maximum Gasteiger partial charge on any atom is 0.178 e. The van der Waals surface area contributed by atoms with Crippen molar-refractivity contribution in [2.24, 2.45) is 0 Å². The Labute approximate surface area is 129 Å². The molecular weight excluding hydrogens is 316 g/mol. The molecule has 6 nitrogen and oxygen atoms in total. The minimum absolute atomic E-state index is 0. The monoisotopic (exact) mass is 338 g/mol. The molecule has 21 heavy (non-hydrogen) atoms. The summed E-state index contributed by atoms with van der Waals surface area (Å²) in [7, 11) is 0.790. The average Bonchev–Trinajstić information content (AvgIpc) is 2.45. The van der Waals surface area contributed by atoms with Gasteiger partial charge in [-0.3, -0.25) is 4.18 Å². The van der Waals surface area contributed by atoms with E-state index in [-0.39, 0.29) is 30.2 Å². The Morgan fingerprint density at radius 1 is 1.10 bits per heavy atom. The molecule has 0 fully saturated rings. The van der Waals surface area contributed by atoms with Crippen molar-refractivity contribution in [3.8, 4) is 11.5 Å². The number of benzene rings is 1. The Bertz CT molecular complexity index is 568. The average molecular weight is 338 g/mol. The molecule has 0 radical (unpaired) electrons. The molecule has 1 aromatic rings. The summed E-state index contributed by atoms with van der Waals surface area (Å²) in [6, 6.07) is 4.42. The second kappa shape index (κ2) is 9.01. The number of methoxy groups -OCH3 is 2. The van der Waals surface area contributed by atoms with Crippen LogP contribution in [0.2, 0.25) is 0 Å². The van der Waals surface area contributed by atoms with Crippen LogP contribution in [0.4, 0.5) is 0 Å². The number of ether oxygens (including phenoxy) is 2. The second-order valence-electron chi connectivity index (χ2n) is 3.86. The van der Waals surface area contributed by atoms with Gasteiger partial charge in [0.1, 0.15) is 0 Å². The van der Waals surface area contributed by atoms with Crippen molar-refractivity contribution >= 4 is 20.9 Å². The van der Waals surface area contributed by atoms with Gasteiger partial charge in [-0.05, 0) is 18.6 Å². The Morgan fingerprint density at radius 2 is 1.71 bits per heavy atom. The first-order chi connectivity index (χ1) is 9.44. The maximum absolute atomic E-state index is 12.1. The fourth-order valence-electron chi connectivity index (χ4n) is 1.58. The molecule has 0 aromatic heterocycles. The molecule has 0 heterocycles. The highest BCUT2D eigenvalue weighted by Crippen LogP contribution is 2.29. The Hall–Kier alpha value is -1.12. The van der Waals surface area contributed by atoms with Gasteiger partial charge in [-0.2, -0.15) is 0 Å². The summed E-state index contributed by atoms with van der Waals surface area (Å²) in [6.45, 7) is 0.